The van der Waals surface area contributed by atoms with E-state index in [1.165, 1.54) is 6.33 Å². The Labute approximate surface area is 166 Å². The first-order chi connectivity index (χ1) is 14.0. The van der Waals surface area contributed by atoms with Crippen molar-refractivity contribution < 1.29 is 4.79 Å². The molecule has 0 unspecified atom stereocenters. The van der Waals surface area contributed by atoms with Gasteiger partial charge in [0.05, 0.1) is 11.1 Å². The highest BCUT2D eigenvalue weighted by Gasteiger charge is 2.16. The lowest BCUT2D eigenvalue weighted by Crippen LogP contribution is -2.24. The second-order valence-corrected chi connectivity index (χ2v) is 6.69. The van der Waals surface area contributed by atoms with Crippen molar-refractivity contribution in [2.45, 2.75) is 27.3 Å². The highest BCUT2D eigenvalue weighted by Crippen LogP contribution is 2.19. The maximum absolute atomic E-state index is 12.9. The van der Waals surface area contributed by atoms with Gasteiger partial charge in [-0.05, 0) is 67.1 Å². The molecule has 0 aliphatic carbocycles. The molecule has 0 aliphatic heterocycles. The highest BCUT2D eigenvalue weighted by atomic mass is 16.2. The van der Waals surface area contributed by atoms with E-state index in [2.05, 4.69) is 25.8 Å². The number of anilines is 1. The number of hydrogen-bond acceptors (Lipinski definition) is 6. The fourth-order valence-corrected chi connectivity index (χ4v) is 3.22. The van der Waals surface area contributed by atoms with Gasteiger partial charge in [-0.25, -0.2) is 9.67 Å². The van der Waals surface area contributed by atoms with Gasteiger partial charge in [0.15, 0.2) is 0 Å². The van der Waals surface area contributed by atoms with E-state index in [-0.39, 0.29) is 11.0 Å². The van der Waals surface area contributed by atoms with Gasteiger partial charge in [0.25, 0.3) is 5.91 Å². The number of aromatic nitrogens is 6. The Morgan fingerprint density at radius 1 is 1.17 bits per heavy atom. The van der Waals surface area contributed by atoms with Gasteiger partial charge in [-0.1, -0.05) is 0 Å². The van der Waals surface area contributed by atoms with Crippen LogP contribution in [0.3, 0.4) is 0 Å². The highest BCUT2D eigenvalue weighted by molar-refractivity contribution is 6.05. The van der Waals surface area contributed by atoms with Crippen LogP contribution in [0.1, 0.15) is 28.5 Å². The predicted octanol–water partition coefficient (Wildman–Crippen LogP) is 2.26. The van der Waals surface area contributed by atoms with Crippen molar-refractivity contribution in [2.75, 3.05) is 5.32 Å². The molecule has 0 saturated carbocycles. The number of nitrogens with one attached hydrogen (secondary N) is 1. The van der Waals surface area contributed by atoms with Crippen LogP contribution in [-0.4, -0.2) is 35.7 Å². The van der Waals surface area contributed by atoms with Crippen LogP contribution >= 0.6 is 0 Å². The molecule has 0 bridgehead atoms. The number of aryl methyl sites for hydroxylation is 3. The third kappa shape index (κ3) is 3.38. The number of hydrogen-bond donors (Lipinski definition) is 1. The lowest BCUT2D eigenvalue weighted by atomic mass is 10.1. The molecule has 0 fully saturated rings. The number of rotatable bonds is 4. The van der Waals surface area contributed by atoms with E-state index in [9.17, 15) is 9.59 Å². The summed E-state index contributed by atoms with van der Waals surface area (Å²) >= 11 is 0. The fraction of sp³-hybridized carbons (Fsp3) is 0.200. The van der Waals surface area contributed by atoms with Crippen LogP contribution in [0.25, 0.3) is 16.7 Å². The molecular formula is C20H19N7O2. The molecule has 1 amide bonds. The van der Waals surface area contributed by atoms with Crippen molar-refractivity contribution in [1.82, 2.24) is 29.8 Å². The predicted molar refractivity (Wildman–Crippen MR) is 108 cm³/mol. The molecule has 3 aromatic heterocycles. The molecule has 1 N–H and O–H groups in total. The Hall–Kier alpha value is -3.88. The fourth-order valence-electron chi connectivity index (χ4n) is 3.22. The zero-order valence-electron chi connectivity index (χ0n) is 16.2. The summed E-state index contributed by atoms with van der Waals surface area (Å²) < 4.78 is 3.35. The van der Waals surface area contributed by atoms with Crippen LogP contribution in [0.5, 0.6) is 0 Å². The number of tetrazole rings is 1. The first-order valence-corrected chi connectivity index (χ1v) is 9.14. The molecule has 4 aromatic rings. The molecule has 3 heterocycles. The van der Waals surface area contributed by atoms with E-state index in [0.29, 0.717) is 23.3 Å². The van der Waals surface area contributed by atoms with Crippen molar-refractivity contribution in [3.8, 4) is 5.69 Å². The van der Waals surface area contributed by atoms with E-state index in [4.69, 9.17) is 0 Å². The van der Waals surface area contributed by atoms with E-state index in [1.807, 2.05) is 25.3 Å². The summed E-state index contributed by atoms with van der Waals surface area (Å²) in [7, 11) is 0. The Morgan fingerprint density at radius 3 is 2.69 bits per heavy atom. The molecule has 0 atom stereocenters. The van der Waals surface area contributed by atoms with Crippen LogP contribution in [0.15, 0.2) is 47.7 Å². The van der Waals surface area contributed by atoms with E-state index in [1.54, 1.807) is 41.2 Å². The number of nitrogens with zero attached hydrogens (tertiary/aromatic N) is 6. The van der Waals surface area contributed by atoms with Crippen molar-refractivity contribution in [1.29, 1.82) is 0 Å². The van der Waals surface area contributed by atoms with Crippen LogP contribution in [0.4, 0.5) is 5.69 Å². The Morgan fingerprint density at radius 2 is 2.00 bits per heavy atom. The maximum atomic E-state index is 12.9. The number of amides is 1. The Balaban J connectivity index is 1.69. The number of pyridine rings is 2. The molecule has 146 valence electrons. The zero-order valence-corrected chi connectivity index (χ0v) is 16.2. The number of benzene rings is 1. The topological polar surface area (TPSA) is 108 Å². The van der Waals surface area contributed by atoms with Gasteiger partial charge < -0.3 is 9.88 Å². The molecule has 9 nitrogen and oxygen atoms in total. The summed E-state index contributed by atoms with van der Waals surface area (Å²) in [6.45, 7) is 6.29. The van der Waals surface area contributed by atoms with Crippen LogP contribution in [0, 0.1) is 13.8 Å². The van der Waals surface area contributed by atoms with Crippen LogP contribution in [-0.2, 0) is 6.54 Å². The molecule has 0 saturated heterocycles. The second-order valence-electron chi connectivity index (χ2n) is 6.69. The van der Waals surface area contributed by atoms with Crippen molar-refractivity contribution in [3.63, 3.8) is 0 Å². The molecule has 0 spiro atoms. The Kier molecular flexibility index (Phi) is 4.63. The standard InChI is InChI=1S/C20H19N7O2/c1-4-26-10-16(18(28)15-7-5-13(3)22-19(15)26)20(29)23-14-6-8-17(12(2)9-14)27-11-21-24-25-27/h5-11H,4H2,1-3H3,(H,23,29). The quantitative estimate of drug-likeness (QED) is 0.574. The van der Waals surface area contributed by atoms with Gasteiger partial charge in [-0.15, -0.1) is 5.10 Å². The summed E-state index contributed by atoms with van der Waals surface area (Å²) in [4.78, 5) is 30.2. The Bertz CT molecular complexity index is 1280. The van der Waals surface area contributed by atoms with Crippen molar-refractivity contribution in [2.24, 2.45) is 0 Å². The number of carbonyl (C=O) groups excluding carboxylic acids is 1. The second kappa shape index (κ2) is 7.27. The average molecular weight is 389 g/mol. The summed E-state index contributed by atoms with van der Waals surface area (Å²) in [6, 6.07) is 8.84. The molecular weight excluding hydrogens is 370 g/mol. The van der Waals surface area contributed by atoms with E-state index in [0.717, 1.165) is 16.9 Å². The van der Waals surface area contributed by atoms with Gasteiger partial charge in [0.2, 0.25) is 5.43 Å². The first kappa shape index (κ1) is 18.5. The molecule has 9 heteroatoms. The van der Waals surface area contributed by atoms with Crippen molar-refractivity contribution >= 4 is 22.6 Å². The summed E-state index contributed by atoms with van der Waals surface area (Å²) in [5.41, 5.74) is 3.38. The van der Waals surface area contributed by atoms with E-state index < -0.39 is 5.91 Å². The summed E-state index contributed by atoms with van der Waals surface area (Å²) in [5, 5.41) is 14.4. The third-order valence-electron chi connectivity index (χ3n) is 4.70. The van der Waals surface area contributed by atoms with Crippen LogP contribution in [0.2, 0.25) is 0 Å². The van der Waals surface area contributed by atoms with Gasteiger partial charge >= 0.3 is 0 Å². The SMILES string of the molecule is CCn1cc(C(=O)Nc2ccc(-n3cnnn3)c(C)c2)c(=O)c2ccc(C)nc21. The molecule has 4 rings (SSSR count). The minimum Gasteiger partial charge on any atom is -0.332 e. The van der Waals surface area contributed by atoms with Gasteiger partial charge in [0.1, 0.15) is 17.5 Å². The average Bonchev–Trinajstić information content (AvgIpc) is 3.22. The lowest BCUT2D eigenvalue weighted by Gasteiger charge is -2.12. The summed E-state index contributed by atoms with van der Waals surface area (Å²) in [6.07, 6.45) is 3.06. The van der Waals surface area contributed by atoms with Gasteiger partial charge in [-0.3, -0.25) is 9.59 Å². The molecule has 29 heavy (non-hydrogen) atoms. The minimum absolute atomic E-state index is 0.0761. The van der Waals surface area contributed by atoms with Crippen molar-refractivity contribution in [3.05, 3.63) is 69.9 Å². The zero-order chi connectivity index (χ0) is 20.5. The van der Waals surface area contributed by atoms with Crippen LogP contribution < -0.4 is 10.7 Å². The smallest absolute Gasteiger partial charge is 0.261 e. The summed E-state index contributed by atoms with van der Waals surface area (Å²) in [5.74, 6) is -0.464. The maximum Gasteiger partial charge on any atom is 0.261 e. The molecule has 0 aliphatic rings. The minimum atomic E-state index is -0.464. The molecule has 0 radical (unpaired) electrons. The molecule has 1 aromatic carbocycles. The van der Waals surface area contributed by atoms with Gasteiger partial charge in [0, 0.05) is 24.1 Å². The van der Waals surface area contributed by atoms with Gasteiger partial charge in [-0.2, -0.15) is 0 Å². The third-order valence-corrected chi connectivity index (χ3v) is 4.70. The van der Waals surface area contributed by atoms with E-state index >= 15 is 0 Å². The number of fused-ring (bicyclic) bond motifs is 1. The normalized spacial score (nSPS) is 11.0. The number of carbonyl (C=O) groups is 1. The first-order valence-electron chi connectivity index (χ1n) is 9.14. The lowest BCUT2D eigenvalue weighted by molar-refractivity contribution is 0.102. The monoisotopic (exact) mass is 389 g/mol. The largest absolute Gasteiger partial charge is 0.332 e.